The van der Waals surface area contributed by atoms with Crippen molar-refractivity contribution in [3.05, 3.63) is 11.3 Å². The lowest BCUT2D eigenvalue weighted by Crippen LogP contribution is -2.26. The van der Waals surface area contributed by atoms with Crippen molar-refractivity contribution in [3.63, 3.8) is 0 Å². The molecular weight excluding hydrogens is 176 g/mol. The average Bonchev–Trinajstić information content (AvgIpc) is 2.69. The zero-order valence-electron chi connectivity index (χ0n) is 8.34. The molecule has 3 aliphatic rings. The van der Waals surface area contributed by atoms with Crippen LogP contribution in [-0.2, 0) is 4.79 Å². The van der Waals surface area contributed by atoms with Gasteiger partial charge in [0.15, 0.2) is 0 Å². The van der Waals surface area contributed by atoms with Crippen LogP contribution in [-0.4, -0.2) is 17.7 Å². The van der Waals surface area contributed by atoms with Crippen LogP contribution in [0, 0.1) is 5.92 Å². The topological polar surface area (TPSA) is 41.5 Å². The Morgan fingerprint density at radius 3 is 3.14 bits per heavy atom. The van der Waals surface area contributed by atoms with E-state index in [2.05, 4.69) is 10.3 Å². The Bertz CT molecular complexity index is 367. The highest BCUT2D eigenvalue weighted by molar-refractivity contribution is 6.06. The quantitative estimate of drug-likeness (QED) is 0.616. The number of allylic oxidation sites excluding steroid dienone is 1. The van der Waals surface area contributed by atoms with Crippen LogP contribution in [0.15, 0.2) is 16.3 Å². The van der Waals surface area contributed by atoms with Gasteiger partial charge in [0, 0.05) is 5.92 Å². The van der Waals surface area contributed by atoms with E-state index in [0.717, 1.165) is 11.4 Å². The van der Waals surface area contributed by atoms with Gasteiger partial charge in [-0.3, -0.25) is 9.79 Å². The number of rotatable bonds is 0. The van der Waals surface area contributed by atoms with E-state index in [1.165, 1.54) is 24.8 Å². The van der Waals surface area contributed by atoms with E-state index in [0.29, 0.717) is 18.4 Å². The largest absolute Gasteiger partial charge is 0.324 e. The van der Waals surface area contributed by atoms with Crippen molar-refractivity contribution in [1.82, 2.24) is 5.32 Å². The molecule has 0 aromatic heterocycles. The Labute approximate surface area is 83.3 Å². The number of carbonyl (C=O) groups is 1. The van der Waals surface area contributed by atoms with E-state index in [9.17, 15) is 4.79 Å². The maximum atomic E-state index is 11.3. The second kappa shape index (κ2) is 2.69. The minimum absolute atomic E-state index is 0.150. The molecule has 3 heteroatoms. The monoisotopic (exact) mass is 190 g/mol. The zero-order chi connectivity index (χ0) is 9.71. The third-order valence-corrected chi connectivity index (χ3v) is 3.58. The number of fused-ring (bicyclic) bond motifs is 2. The van der Waals surface area contributed by atoms with Crippen molar-refractivity contribution in [1.29, 1.82) is 0 Å². The molecule has 0 aromatic carbocycles. The van der Waals surface area contributed by atoms with E-state index in [-0.39, 0.29) is 5.91 Å². The molecule has 3 rings (SSSR count). The molecule has 2 aliphatic heterocycles. The molecule has 14 heavy (non-hydrogen) atoms. The van der Waals surface area contributed by atoms with E-state index < -0.39 is 0 Å². The van der Waals surface area contributed by atoms with Gasteiger partial charge >= 0.3 is 0 Å². The molecule has 1 fully saturated rings. The Morgan fingerprint density at radius 1 is 1.43 bits per heavy atom. The van der Waals surface area contributed by atoms with E-state index in [1.807, 2.05) is 6.92 Å². The standard InChI is InChI=1S/C11H14N2O/c1-6-11-8(5-10(14)13-11)7-3-2-4-9(7)12-6/h7,9H,2-5H2,1H3,(H,13,14). The Hall–Kier alpha value is -1.12. The fourth-order valence-corrected chi connectivity index (χ4v) is 2.98. The maximum Gasteiger partial charge on any atom is 0.228 e. The van der Waals surface area contributed by atoms with Gasteiger partial charge < -0.3 is 5.32 Å². The highest BCUT2D eigenvalue weighted by Gasteiger charge is 2.39. The SMILES string of the molecule is CC1=NC2CCCC2C2=C1NC(=O)C2. The van der Waals surface area contributed by atoms with Crippen LogP contribution in [0.3, 0.4) is 0 Å². The van der Waals surface area contributed by atoms with Crippen LogP contribution in [0.1, 0.15) is 32.6 Å². The molecule has 0 spiro atoms. The lowest BCUT2D eigenvalue weighted by atomic mass is 9.88. The summed E-state index contributed by atoms with van der Waals surface area (Å²) in [6.45, 7) is 2.01. The highest BCUT2D eigenvalue weighted by atomic mass is 16.1. The van der Waals surface area contributed by atoms with Gasteiger partial charge in [0.25, 0.3) is 0 Å². The molecule has 2 atom stereocenters. The Morgan fingerprint density at radius 2 is 2.29 bits per heavy atom. The van der Waals surface area contributed by atoms with Crippen LogP contribution in [0.25, 0.3) is 0 Å². The smallest absolute Gasteiger partial charge is 0.228 e. The van der Waals surface area contributed by atoms with E-state index in [1.54, 1.807) is 0 Å². The van der Waals surface area contributed by atoms with Gasteiger partial charge in [-0.2, -0.15) is 0 Å². The first-order valence-electron chi connectivity index (χ1n) is 5.33. The van der Waals surface area contributed by atoms with E-state index in [4.69, 9.17) is 0 Å². The fourth-order valence-electron chi connectivity index (χ4n) is 2.98. The molecule has 1 aliphatic carbocycles. The van der Waals surface area contributed by atoms with Gasteiger partial charge in [0.05, 0.1) is 23.9 Å². The molecular formula is C11H14N2O. The average molecular weight is 190 g/mol. The van der Waals surface area contributed by atoms with Crippen LogP contribution in [0.4, 0.5) is 0 Å². The summed E-state index contributed by atoms with van der Waals surface area (Å²) in [6.07, 6.45) is 4.29. The van der Waals surface area contributed by atoms with Crippen LogP contribution >= 0.6 is 0 Å². The number of aliphatic imine (C=N–C) groups is 1. The number of nitrogens with one attached hydrogen (secondary N) is 1. The molecule has 1 saturated carbocycles. The summed E-state index contributed by atoms with van der Waals surface area (Å²) in [4.78, 5) is 16.0. The molecule has 0 bridgehead atoms. The minimum atomic E-state index is 0.150. The van der Waals surface area contributed by atoms with Crippen molar-refractivity contribution >= 4 is 11.6 Å². The predicted molar refractivity (Wildman–Crippen MR) is 54.0 cm³/mol. The number of hydrogen-bond donors (Lipinski definition) is 1. The van der Waals surface area contributed by atoms with Crippen molar-refractivity contribution in [2.24, 2.45) is 10.9 Å². The molecule has 0 aromatic rings. The van der Waals surface area contributed by atoms with Crippen LogP contribution < -0.4 is 5.32 Å². The summed E-state index contributed by atoms with van der Waals surface area (Å²) in [5.41, 5.74) is 3.41. The van der Waals surface area contributed by atoms with E-state index >= 15 is 0 Å². The van der Waals surface area contributed by atoms with Crippen molar-refractivity contribution < 1.29 is 4.79 Å². The summed E-state index contributed by atoms with van der Waals surface area (Å²) in [6, 6.07) is 0.474. The summed E-state index contributed by atoms with van der Waals surface area (Å²) >= 11 is 0. The number of amides is 1. The third kappa shape index (κ3) is 0.982. The van der Waals surface area contributed by atoms with Crippen LogP contribution in [0.5, 0.6) is 0 Å². The van der Waals surface area contributed by atoms with Gasteiger partial charge in [0.2, 0.25) is 5.91 Å². The van der Waals surface area contributed by atoms with Gasteiger partial charge in [-0.25, -0.2) is 0 Å². The molecule has 2 unspecified atom stereocenters. The molecule has 2 heterocycles. The zero-order valence-corrected chi connectivity index (χ0v) is 8.34. The predicted octanol–water partition coefficient (Wildman–Crippen LogP) is 1.40. The molecule has 1 amide bonds. The molecule has 0 radical (unpaired) electrons. The summed E-state index contributed by atoms with van der Waals surface area (Å²) in [5, 5.41) is 2.93. The van der Waals surface area contributed by atoms with Crippen LogP contribution in [0.2, 0.25) is 0 Å². The first kappa shape index (κ1) is 8.21. The molecule has 0 saturated heterocycles. The van der Waals surface area contributed by atoms with Gasteiger partial charge in [0.1, 0.15) is 0 Å². The lowest BCUT2D eigenvalue weighted by Gasteiger charge is -2.23. The highest BCUT2D eigenvalue weighted by Crippen LogP contribution is 2.41. The summed E-state index contributed by atoms with van der Waals surface area (Å²) in [5.74, 6) is 0.713. The summed E-state index contributed by atoms with van der Waals surface area (Å²) < 4.78 is 0. The summed E-state index contributed by atoms with van der Waals surface area (Å²) in [7, 11) is 0. The van der Waals surface area contributed by atoms with Gasteiger partial charge in [-0.1, -0.05) is 6.42 Å². The Balaban J connectivity index is 2.04. The van der Waals surface area contributed by atoms with Gasteiger partial charge in [-0.05, 0) is 25.3 Å². The first-order valence-corrected chi connectivity index (χ1v) is 5.33. The second-order valence-corrected chi connectivity index (χ2v) is 4.44. The third-order valence-electron chi connectivity index (χ3n) is 3.58. The fraction of sp³-hybridized carbons (Fsp3) is 0.636. The number of dihydropyridines is 1. The lowest BCUT2D eigenvalue weighted by molar-refractivity contribution is -0.118. The van der Waals surface area contributed by atoms with Crippen molar-refractivity contribution in [3.8, 4) is 0 Å². The molecule has 74 valence electrons. The maximum absolute atomic E-state index is 11.3. The van der Waals surface area contributed by atoms with Crippen molar-refractivity contribution in [2.45, 2.75) is 38.6 Å². The number of hydrogen-bond acceptors (Lipinski definition) is 2. The first-order chi connectivity index (χ1) is 6.75. The normalized spacial score (nSPS) is 35.2. The Kier molecular flexibility index (Phi) is 1.58. The van der Waals surface area contributed by atoms with Gasteiger partial charge in [-0.15, -0.1) is 0 Å². The van der Waals surface area contributed by atoms with Crippen molar-refractivity contribution in [2.75, 3.05) is 0 Å². The second-order valence-electron chi connectivity index (χ2n) is 4.44. The molecule has 1 N–H and O–H groups in total. The number of nitrogens with zero attached hydrogens (tertiary/aromatic N) is 1. The molecule has 3 nitrogen and oxygen atoms in total. The number of carbonyl (C=O) groups excluding carboxylic acids is 1. The minimum Gasteiger partial charge on any atom is -0.324 e.